The Morgan fingerprint density at radius 1 is 0.443 bits per heavy atom. The van der Waals surface area contributed by atoms with Crippen molar-refractivity contribution in [2.45, 2.75) is 164 Å². The Kier molecular flexibility index (Phi) is 37.2. The Hall–Kier alpha value is -14.7. The van der Waals surface area contributed by atoms with E-state index in [9.17, 15) is 91.4 Å². The molecule has 3 fully saturated rings. The summed E-state index contributed by atoms with van der Waals surface area (Å²) >= 11 is 0. The standard InChI is InChI=1S/C34H31F7N4O5.2C34H33F5N4O5.3CH4/c1-17-11-23(34(39,40)41)28(32(47)44(17)2)22-7-6-18(21-5-4-8-42-30(21)22)12-26(33(48)49-3)43-31(46)29-24(35)13-19(14-25(29)36)45-9-10-50-16-20(45)15-27(37)38;1-17-11-24(34(37,38)39)28(32(45)42(17)4)23-9-8-20(22-7-6-10-40-30(22)23)12-27(33(46)47-5)41-31(44)29-25(35)13-21(14-26(29)36)43-15-19(3)48-16-18(43)2;1-17-18(2)28(32(45)42(4)19(17)3)23-9-8-20(22-7-6-10-40-30(22)23)13-26(33(46)47-5)41-31(44)29-24(35)14-21(15-25(29)36)43-11-12-48-16-27(43)34(37,38)39;;;/h4-8,11,13-14,20,26-27H,9-10,12,15-16H2,1-3H3,(H,43,46);6-11,13-14,18-19,27H,12,15-16H2,1-5H3,(H,41,44);6-10,14-15,26-27H,11-13,16H2,1-5H3,(H,41,44);3*1H4/t20-,26+;18-,19-,27+;26-,27-;;;/m110.../s1. The van der Waals surface area contributed by atoms with Crippen molar-refractivity contribution in [3.63, 3.8) is 0 Å². The van der Waals surface area contributed by atoms with E-state index in [0.29, 0.717) is 58.4 Å². The SMILES string of the molecule is C.C.C.COC(=O)[C@H](Cc1ccc(-c2c(C(F)(F)F)cc(C)n(C)c2=O)c2ncccc12)NC(=O)c1c(F)cc(N2CCOC[C@H]2CC(F)F)cc1F.COC(=O)[C@H](Cc1ccc(-c2c(C(F)(F)F)cc(C)n(C)c2=O)c2ncccc12)NC(=O)c1c(F)cc(N2C[C@@H](C)OC[C@H]2C)cc1F.COC(=O)[C@H](Cc1ccc(-c2c(C)c(C)c(C)n(C)c2=O)c2ncccc12)NC(=O)c1c(F)cc(N2CCOC[C@H]2C(F)(F)F)cc1F. The second kappa shape index (κ2) is 47.6. The van der Waals surface area contributed by atoms with E-state index in [1.54, 1.807) is 47.0 Å². The Morgan fingerprint density at radius 3 is 1.13 bits per heavy atom. The third kappa shape index (κ3) is 24.8. The first-order valence-electron chi connectivity index (χ1n) is 45.3. The minimum atomic E-state index is -4.88. The quantitative estimate of drug-likeness (QED) is 0.0304. The number of nitrogens with one attached hydrogen (secondary N) is 3. The number of carbonyl (C=O) groups excluding carboxylic acids is 6. The van der Waals surface area contributed by atoms with Gasteiger partial charge in [-0.2, -0.15) is 39.5 Å². The number of alkyl halides is 11. The Balaban J connectivity index is 0.000000226. The molecule has 0 radical (unpaired) electrons. The number of methoxy groups -OCH3 is 3. The number of fused-ring (bicyclic) bond motifs is 3. The number of esters is 3. The van der Waals surface area contributed by atoms with Gasteiger partial charge in [-0.1, -0.05) is 76.9 Å². The van der Waals surface area contributed by atoms with Gasteiger partial charge in [0.15, 0.2) is 0 Å². The number of aryl methyl sites for hydroxylation is 2. The van der Waals surface area contributed by atoms with Crippen LogP contribution in [0.3, 0.4) is 0 Å². The molecule has 0 saturated carbocycles. The maximum atomic E-state index is 15.3. The average Bonchev–Trinajstić information content (AvgIpc) is 0.753. The van der Waals surface area contributed by atoms with Crippen LogP contribution in [0.25, 0.3) is 66.1 Å². The maximum absolute atomic E-state index is 15.3. The average molecular weight is 2100 g/mol. The van der Waals surface area contributed by atoms with Crippen LogP contribution in [0.5, 0.6) is 0 Å². The van der Waals surface area contributed by atoms with Crippen molar-refractivity contribution in [1.82, 2.24) is 44.6 Å². The fourth-order valence-electron chi connectivity index (χ4n) is 18.0. The summed E-state index contributed by atoms with van der Waals surface area (Å²) in [5.74, 6) is -14.5. The van der Waals surface area contributed by atoms with Gasteiger partial charge in [0.25, 0.3) is 34.4 Å². The molecule has 15 rings (SSSR count). The van der Waals surface area contributed by atoms with Crippen molar-refractivity contribution in [2.75, 3.05) is 88.7 Å². The molecule has 3 saturated heterocycles. The summed E-state index contributed by atoms with van der Waals surface area (Å²) in [5, 5.41) is 7.99. The number of pyridine rings is 6. The Labute approximate surface area is 843 Å². The molecule has 6 aromatic carbocycles. The van der Waals surface area contributed by atoms with Gasteiger partial charge in [0.05, 0.1) is 111 Å². The predicted molar refractivity (Wildman–Crippen MR) is 524 cm³/mol. The van der Waals surface area contributed by atoms with E-state index in [1.807, 2.05) is 34.6 Å². The van der Waals surface area contributed by atoms with E-state index < -0.39 is 194 Å². The summed E-state index contributed by atoms with van der Waals surface area (Å²) < 4.78 is 278. The second-order valence-corrected chi connectivity index (χ2v) is 35.1. The number of amides is 3. The molecule has 44 heteroatoms. The van der Waals surface area contributed by atoms with Crippen molar-refractivity contribution in [2.24, 2.45) is 21.1 Å². The van der Waals surface area contributed by atoms with Crippen molar-refractivity contribution in [3.05, 3.63) is 279 Å². The number of aromatic nitrogens is 6. The molecule has 0 unspecified atom stereocenters. The van der Waals surface area contributed by atoms with E-state index in [4.69, 9.17) is 28.4 Å². The molecule has 9 heterocycles. The smallest absolute Gasteiger partial charge is 0.417 e. The molecule has 149 heavy (non-hydrogen) atoms. The van der Waals surface area contributed by atoms with Crippen LogP contribution in [-0.4, -0.2) is 193 Å². The van der Waals surface area contributed by atoms with Gasteiger partial charge in [-0.3, -0.25) is 43.7 Å². The summed E-state index contributed by atoms with van der Waals surface area (Å²) in [4.78, 5) is 135. The number of carbonyl (C=O) groups is 6. The van der Waals surface area contributed by atoms with Gasteiger partial charge in [0.1, 0.15) is 75.8 Å². The highest BCUT2D eigenvalue weighted by molar-refractivity contribution is 6.03. The number of benzene rings is 6. The van der Waals surface area contributed by atoms with Crippen LogP contribution in [0, 0.1) is 69.5 Å². The van der Waals surface area contributed by atoms with Crippen LogP contribution in [0.2, 0.25) is 0 Å². The zero-order valence-corrected chi connectivity index (χ0v) is 80.5. The molecule has 3 aliphatic rings. The first-order chi connectivity index (χ1) is 68.9. The number of morpholine rings is 3. The molecule has 0 spiro atoms. The molecular formula is C105H109F17N12O15. The third-order valence-electron chi connectivity index (χ3n) is 26.0. The van der Waals surface area contributed by atoms with E-state index in [1.165, 1.54) is 93.8 Å². The number of anilines is 3. The Bertz CT molecular complexity index is 7210. The number of halogens is 17. The molecule has 27 nitrogen and oxygen atoms in total. The van der Waals surface area contributed by atoms with E-state index >= 15 is 26.3 Å². The monoisotopic (exact) mass is 2100 g/mol. The van der Waals surface area contributed by atoms with Gasteiger partial charge in [0, 0.05) is 158 Å². The van der Waals surface area contributed by atoms with Crippen LogP contribution >= 0.6 is 0 Å². The second-order valence-electron chi connectivity index (χ2n) is 35.1. The zero-order chi connectivity index (χ0) is 107. The number of hydrogen-bond donors (Lipinski definition) is 3. The van der Waals surface area contributed by atoms with E-state index in [-0.39, 0.29) is 153 Å². The lowest BCUT2D eigenvalue weighted by atomic mass is 9.92. The van der Waals surface area contributed by atoms with Crippen LogP contribution in [0.15, 0.2) is 154 Å². The highest BCUT2D eigenvalue weighted by Gasteiger charge is 2.47. The highest BCUT2D eigenvalue weighted by atomic mass is 19.4. The molecule has 3 aliphatic heterocycles. The molecular weight excluding hydrogens is 1990 g/mol. The molecule has 0 bridgehead atoms. The van der Waals surface area contributed by atoms with Crippen LogP contribution in [0.1, 0.15) is 130 Å². The van der Waals surface area contributed by atoms with Crippen LogP contribution in [0.4, 0.5) is 91.7 Å². The van der Waals surface area contributed by atoms with Crippen molar-refractivity contribution in [1.29, 1.82) is 0 Å². The molecule has 7 atom stereocenters. The van der Waals surface area contributed by atoms with Crippen molar-refractivity contribution < 1.29 is 132 Å². The zero-order valence-electron chi connectivity index (χ0n) is 80.5. The molecule has 3 N–H and O–H groups in total. The van der Waals surface area contributed by atoms with Gasteiger partial charge < -0.3 is 72.8 Å². The summed E-state index contributed by atoms with van der Waals surface area (Å²) in [5.41, 5.74) is -3.67. The predicted octanol–water partition coefficient (Wildman–Crippen LogP) is 17.9. The van der Waals surface area contributed by atoms with Crippen LogP contribution in [-0.2, 0) is 95.6 Å². The van der Waals surface area contributed by atoms with Crippen molar-refractivity contribution >= 4 is 85.4 Å². The van der Waals surface area contributed by atoms with E-state index in [0.717, 1.165) is 88.6 Å². The molecule has 798 valence electrons. The largest absolute Gasteiger partial charge is 0.467 e. The minimum Gasteiger partial charge on any atom is -0.467 e. The fraction of sp³-hybridized carbons (Fsp3) is 0.371. The topological polar surface area (TPSA) is 308 Å². The first-order valence-corrected chi connectivity index (χ1v) is 45.3. The van der Waals surface area contributed by atoms with Gasteiger partial charge in [-0.15, -0.1) is 0 Å². The number of nitrogens with zero attached hydrogens (tertiary/aromatic N) is 9. The van der Waals surface area contributed by atoms with Crippen LogP contribution < -0.4 is 47.3 Å². The normalized spacial score (nSPS) is 16.0. The number of rotatable bonds is 23. The summed E-state index contributed by atoms with van der Waals surface area (Å²) in [6.45, 7) is 11.8. The van der Waals surface area contributed by atoms with Gasteiger partial charge in [0.2, 0.25) is 6.43 Å². The highest BCUT2D eigenvalue weighted by Crippen LogP contribution is 2.43. The summed E-state index contributed by atoms with van der Waals surface area (Å²) in [7, 11) is 7.54. The summed E-state index contributed by atoms with van der Waals surface area (Å²) in [6.07, 6.45) is -14.6. The van der Waals surface area contributed by atoms with Gasteiger partial charge in [-0.25, -0.2) is 49.5 Å². The lowest BCUT2D eigenvalue weighted by Crippen LogP contribution is -2.53. The lowest BCUT2D eigenvalue weighted by molar-refractivity contribution is -0.167. The number of ether oxygens (including phenoxy) is 6. The van der Waals surface area contributed by atoms with Gasteiger partial charge >= 0.3 is 36.4 Å². The molecule has 3 amide bonds. The maximum Gasteiger partial charge on any atom is 0.417 e. The number of hydrogen-bond acceptors (Lipinski definition) is 21. The fourth-order valence-corrected chi connectivity index (χ4v) is 18.0. The summed E-state index contributed by atoms with van der Waals surface area (Å²) in [6, 6.07) is 17.2. The molecule has 0 aliphatic carbocycles. The first kappa shape index (κ1) is 116. The van der Waals surface area contributed by atoms with E-state index in [2.05, 4.69) is 30.9 Å². The third-order valence-corrected chi connectivity index (χ3v) is 26.0. The Morgan fingerprint density at radius 2 is 0.779 bits per heavy atom. The minimum absolute atomic E-state index is 0. The molecule has 12 aromatic rings. The van der Waals surface area contributed by atoms with Crippen molar-refractivity contribution in [3.8, 4) is 33.4 Å². The van der Waals surface area contributed by atoms with Gasteiger partial charge in [-0.05, 0) is 143 Å². The molecule has 6 aromatic heterocycles. The lowest BCUT2D eigenvalue weighted by Gasteiger charge is -2.38.